The van der Waals surface area contributed by atoms with Gasteiger partial charge in [0, 0.05) is 6.54 Å². The molecule has 1 radical (unpaired) electrons. The Hall–Kier alpha value is -1.35. The average molecular weight is 231 g/mol. The normalized spacial score (nSPS) is 20.6. The number of nitrogens with two attached hydrogens (primary N) is 1. The van der Waals surface area contributed by atoms with E-state index in [-0.39, 0.29) is 11.9 Å². The van der Waals surface area contributed by atoms with Crippen LogP contribution in [-0.4, -0.2) is 29.9 Å². The van der Waals surface area contributed by atoms with E-state index in [1.165, 1.54) is 5.56 Å². The lowest BCUT2D eigenvalue weighted by Gasteiger charge is -2.21. The van der Waals surface area contributed by atoms with Crippen molar-refractivity contribution < 1.29 is 4.79 Å². The Morgan fingerprint density at radius 2 is 2.18 bits per heavy atom. The van der Waals surface area contributed by atoms with Crippen molar-refractivity contribution in [3.63, 3.8) is 0 Å². The first-order chi connectivity index (χ1) is 8.27. The third kappa shape index (κ3) is 3.30. The fourth-order valence-electron chi connectivity index (χ4n) is 2.38. The molecular formula is C14H19N2O. The minimum absolute atomic E-state index is 0.0537. The molecule has 0 aliphatic carbocycles. The third-order valence-electron chi connectivity index (χ3n) is 3.28. The van der Waals surface area contributed by atoms with Gasteiger partial charge < -0.3 is 5.73 Å². The molecular weight excluding hydrogens is 212 g/mol. The highest BCUT2D eigenvalue weighted by atomic mass is 16.1. The third-order valence-corrected chi connectivity index (χ3v) is 3.28. The first-order valence-electron chi connectivity index (χ1n) is 6.16. The molecule has 91 valence electrons. The number of primary amides is 1. The van der Waals surface area contributed by atoms with Crippen LogP contribution in [0.15, 0.2) is 30.3 Å². The molecule has 0 aromatic heterocycles. The first-order valence-corrected chi connectivity index (χ1v) is 6.16. The lowest BCUT2D eigenvalue weighted by Crippen LogP contribution is -2.40. The maximum Gasteiger partial charge on any atom is 0.234 e. The summed E-state index contributed by atoms with van der Waals surface area (Å²) in [5.74, 6) is -0.185. The molecule has 1 saturated heterocycles. The number of rotatable bonds is 5. The Morgan fingerprint density at radius 3 is 2.88 bits per heavy atom. The fourth-order valence-corrected chi connectivity index (χ4v) is 2.38. The molecule has 1 aliphatic rings. The molecule has 1 aromatic carbocycles. The van der Waals surface area contributed by atoms with Crippen LogP contribution in [0, 0.1) is 6.42 Å². The van der Waals surface area contributed by atoms with Gasteiger partial charge in [0.2, 0.25) is 5.91 Å². The number of amides is 1. The van der Waals surface area contributed by atoms with Gasteiger partial charge in [0.05, 0.1) is 6.04 Å². The van der Waals surface area contributed by atoms with Crippen molar-refractivity contribution in [2.24, 2.45) is 5.73 Å². The van der Waals surface area contributed by atoms with Crippen LogP contribution in [0.1, 0.15) is 18.4 Å². The second-order valence-corrected chi connectivity index (χ2v) is 4.53. The molecule has 1 unspecified atom stereocenters. The van der Waals surface area contributed by atoms with E-state index in [9.17, 15) is 4.79 Å². The van der Waals surface area contributed by atoms with Crippen LogP contribution in [0.5, 0.6) is 0 Å². The van der Waals surface area contributed by atoms with Crippen molar-refractivity contribution in [1.29, 1.82) is 0 Å². The number of carbonyl (C=O) groups is 1. The summed E-state index contributed by atoms with van der Waals surface area (Å²) in [7, 11) is 0. The standard InChI is InChI=1S/C14H19N2O/c15-14(17)13-9-5-11-16(13)10-4-8-12-6-2-1-3-7-12/h1-4,6-7,13H,5,8-11H2,(H2,15,17). The molecule has 1 aliphatic heterocycles. The molecule has 17 heavy (non-hydrogen) atoms. The number of hydrogen-bond acceptors (Lipinski definition) is 2. The quantitative estimate of drug-likeness (QED) is 0.832. The maximum atomic E-state index is 11.2. The molecule has 0 bridgehead atoms. The summed E-state index contributed by atoms with van der Waals surface area (Å²) in [5.41, 5.74) is 6.68. The van der Waals surface area contributed by atoms with Crippen molar-refractivity contribution in [3.8, 4) is 0 Å². The van der Waals surface area contributed by atoms with Crippen LogP contribution in [0.3, 0.4) is 0 Å². The second-order valence-electron chi connectivity index (χ2n) is 4.53. The summed E-state index contributed by atoms with van der Waals surface area (Å²) in [5, 5.41) is 0. The van der Waals surface area contributed by atoms with Crippen LogP contribution >= 0.6 is 0 Å². The SMILES string of the molecule is NC(=O)C1CCCN1C[CH]Cc1ccccc1. The summed E-state index contributed by atoms with van der Waals surface area (Å²) in [6.45, 7) is 1.83. The zero-order valence-electron chi connectivity index (χ0n) is 10.0. The monoisotopic (exact) mass is 231 g/mol. The van der Waals surface area contributed by atoms with E-state index < -0.39 is 0 Å². The predicted molar refractivity (Wildman–Crippen MR) is 68.2 cm³/mol. The minimum Gasteiger partial charge on any atom is -0.368 e. The first kappa shape index (κ1) is 12.1. The molecule has 0 saturated carbocycles. The molecule has 1 aromatic rings. The maximum absolute atomic E-state index is 11.2. The van der Waals surface area contributed by atoms with Gasteiger partial charge in [-0.1, -0.05) is 30.3 Å². The molecule has 3 heteroatoms. The molecule has 1 fully saturated rings. The van der Waals surface area contributed by atoms with Gasteiger partial charge in [0.25, 0.3) is 0 Å². The van der Waals surface area contributed by atoms with E-state index >= 15 is 0 Å². The highest BCUT2D eigenvalue weighted by Crippen LogP contribution is 2.17. The molecule has 1 heterocycles. The van der Waals surface area contributed by atoms with Gasteiger partial charge in [0.1, 0.15) is 0 Å². The van der Waals surface area contributed by atoms with Crippen LogP contribution < -0.4 is 5.73 Å². The zero-order valence-corrected chi connectivity index (χ0v) is 10.0. The lowest BCUT2D eigenvalue weighted by atomic mass is 10.1. The predicted octanol–water partition coefficient (Wildman–Crippen LogP) is 1.38. The van der Waals surface area contributed by atoms with Gasteiger partial charge in [-0.05, 0) is 37.8 Å². The van der Waals surface area contributed by atoms with Crippen molar-refractivity contribution in [2.75, 3.05) is 13.1 Å². The van der Waals surface area contributed by atoms with Crippen molar-refractivity contribution in [2.45, 2.75) is 25.3 Å². The van der Waals surface area contributed by atoms with E-state index in [2.05, 4.69) is 23.5 Å². The van der Waals surface area contributed by atoms with Gasteiger partial charge in [-0.15, -0.1) is 0 Å². The van der Waals surface area contributed by atoms with E-state index in [1.807, 2.05) is 18.2 Å². The van der Waals surface area contributed by atoms with Gasteiger partial charge in [0.15, 0.2) is 0 Å². The van der Waals surface area contributed by atoms with E-state index in [1.54, 1.807) is 0 Å². The van der Waals surface area contributed by atoms with E-state index in [0.29, 0.717) is 0 Å². The minimum atomic E-state index is -0.185. The lowest BCUT2D eigenvalue weighted by molar-refractivity contribution is -0.122. The highest BCUT2D eigenvalue weighted by Gasteiger charge is 2.28. The number of carbonyl (C=O) groups excluding carboxylic acids is 1. The molecule has 2 rings (SSSR count). The van der Waals surface area contributed by atoms with Crippen molar-refractivity contribution in [3.05, 3.63) is 42.3 Å². The summed E-state index contributed by atoms with van der Waals surface area (Å²) < 4.78 is 0. The number of benzene rings is 1. The highest BCUT2D eigenvalue weighted by molar-refractivity contribution is 5.80. The Balaban J connectivity index is 1.77. The van der Waals surface area contributed by atoms with Crippen LogP contribution in [0.2, 0.25) is 0 Å². The molecule has 1 amide bonds. The van der Waals surface area contributed by atoms with Crippen molar-refractivity contribution >= 4 is 5.91 Å². The second kappa shape index (κ2) is 5.82. The largest absolute Gasteiger partial charge is 0.368 e. The molecule has 1 atom stereocenters. The van der Waals surface area contributed by atoms with Gasteiger partial charge in [-0.25, -0.2) is 0 Å². The summed E-state index contributed by atoms with van der Waals surface area (Å²) in [6.07, 6.45) is 5.15. The van der Waals surface area contributed by atoms with Crippen LogP contribution in [0.25, 0.3) is 0 Å². The Bertz CT molecular complexity index is 364. The molecule has 2 N–H and O–H groups in total. The van der Waals surface area contributed by atoms with E-state index in [4.69, 9.17) is 5.73 Å². The van der Waals surface area contributed by atoms with Gasteiger partial charge >= 0.3 is 0 Å². The van der Waals surface area contributed by atoms with Crippen molar-refractivity contribution in [1.82, 2.24) is 4.90 Å². The van der Waals surface area contributed by atoms with Crippen LogP contribution in [0.4, 0.5) is 0 Å². The smallest absolute Gasteiger partial charge is 0.234 e. The fraction of sp³-hybridized carbons (Fsp3) is 0.429. The number of nitrogens with zero attached hydrogens (tertiary/aromatic N) is 1. The topological polar surface area (TPSA) is 46.3 Å². The average Bonchev–Trinajstić information content (AvgIpc) is 2.79. The summed E-state index contributed by atoms with van der Waals surface area (Å²) >= 11 is 0. The van der Waals surface area contributed by atoms with Crippen LogP contribution in [-0.2, 0) is 11.2 Å². The van der Waals surface area contributed by atoms with E-state index in [0.717, 1.165) is 32.4 Å². The zero-order chi connectivity index (χ0) is 12.1. The number of likely N-dealkylation sites (tertiary alicyclic amines) is 1. The Kier molecular flexibility index (Phi) is 4.15. The Labute approximate surface area is 103 Å². The Morgan fingerprint density at radius 1 is 1.41 bits per heavy atom. The summed E-state index contributed by atoms with van der Waals surface area (Å²) in [6, 6.07) is 10.3. The van der Waals surface area contributed by atoms with Gasteiger partial charge in [-0.2, -0.15) is 0 Å². The van der Waals surface area contributed by atoms with Gasteiger partial charge in [-0.3, -0.25) is 9.69 Å². The number of hydrogen-bond donors (Lipinski definition) is 1. The summed E-state index contributed by atoms with van der Waals surface area (Å²) in [4.78, 5) is 13.4. The molecule has 0 spiro atoms. The molecule has 3 nitrogen and oxygen atoms in total.